The van der Waals surface area contributed by atoms with Gasteiger partial charge in [0.2, 0.25) is 5.71 Å². The van der Waals surface area contributed by atoms with Gasteiger partial charge in [0, 0.05) is 13.2 Å². The second kappa shape index (κ2) is 3.56. The molecule has 6 heteroatoms. The second-order valence-electron chi connectivity index (χ2n) is 3.07. The van der Waals surface area contributed by atoms with Crippen LogP contribution in [0.15, 0.2) is 22.7 Å². The van der Waals surface area contributed by atoms with Gasteiger partial charge in [-0.05, 0) is 12.1 Å². The van der Waals surface area contributed by atoms with E-state index in [1.54, 1.807) is 25.4 Å². The summed E-state index contributed by atoms with van der Waals surface area (Å²) in [5, 5.41) is 8.59. The zero-order chi connectivity index (χ0) is 10.8. The van der Waals surface area contributed by atoms with E-state index in [1.807, 2.05) is 0 Å². The summed E-state index contributed by atoms with van der Waals surface area (Å²) >= 11 is 0. The van der Waals surface area contributed by atoms with Gasteiger partial charge in [0.05, 0.1) is 0 Å². The van der Waals surface area contributed by atoms with Gasteiger partial charge in [-0.1, -0.05) is 0 Å². The average Bonchev–Trinajstić information content (AvgIpc) is 2.59. The Morgan fingerprint density at radius 1 is 1.67 bits per heavy atom. The number of carboxylic acids is 1. The number of hydrogen-bond acceptors (Lipinski definition) is 5. The minimum atomic E-state index is -0.937. The van der Waals surface area contributed by atoms with Crippen molar-refractivity contribution in [1.82, 2.24) is 9.97 Å². The van der Waals surface area contributed by atoms with Crippen LogP contribution in [0.5, 0.6) is 0 Å². The summed E-state index contributed by atoms with van der Waals surface area (Å²) in [5.74, 6) is -0.937. The molecule has 2 aromatic rings. The number of aliphatic carboxylic acids is 1. The number of rotatable bonds is 3. The molecule has 15 heavy (non-hydrogen) atoms. The first-order valence-corrected chi connectivity index (χ1v) is 4.31. The Morgan fingerprint density at radius 2 is 2.47 bits per heavy atom. The normalized spacial score (nSPS) is 10.5. The maximum Gasteiger partial charge on any atom is 0.323 e. The Balaban J connectivity index is 2.32. The number of hydrogen-bond donors (Lipinski definition) is 1. The Labute approximate surface area is 85.2 Å². The number of nitrogens with zero attached hydrogens (tertiary/aromatic N) is 3. The lowest BCUT2D eigenvalue weighted by Crippen LogP contribution is -2.25. The molecule has 0 saturated heterocycles. The van der Waals surface area contributed by atoms with Gasteiger partial charge in [-0.3, -0.25) is 4.79 Å². The van der Waals surface area contributed by atoms with Gasteiger partial charge in [0.25, 0.3) is 6.01 Å². The molecule has 0 saturated carbocycles. The molecule has 2 aromatic heterocycles. The Hall–Kier alpha value is -2.11. The van der Waals surface area contributed by atoms with E-state index < -0.39 is 5.97 Å². The van der Waals surface area contributed by atoms with Gasteiger partial charge in [-0.25, -0.2) is 4.98 Å². The van der Waals surface area contributed by atoms with E-state index in [1.165, 1.54) is 4.90 Å². The van der Waals surface area contributed by atoms with Crippen LogP contribution in [-0.4, -0.2) is 34.6 Å². The summed E-state index contributed by atoms with van der Waals surface area (Å²) in [4.78, 5) is 19.9. The van der Waals surface area contributed by atoms with Crippen LogP contribution in [0.25, 0.3) is 11.2 Å². The molecule has 0 unspecified atom stereocenters. The fourth-order valence-electron chi connectivity index (χ4n) is 1.19. The van der Waals surface area contributed by atoms with Gasteiger partial charge in [0.15, 0.2) is 0 Å². The van der Waals surface area contributed by atoms with Crippen molar-refractivity contribution in [3.05, 3.63) is 18.3 Å². The van der Waals surface area contributed by atoms with Crippen LogP contribution in [0.3, 0.4) is 0 Å². The van der Waals surface area contributed by atoms with E-state index in [4.69, 9.17) is 9.52 Å². The van der Waals surface area contributed by atoms with E-state index in [0.29, 0.717) is 11.2 Å². The topological polar surface area (TPSA) is 79.5 Å². The van der Waals surface area contributed by atoms with E-state index in [2.05, 4.69) is 9.97 Å². The molecule has 0 aliphatic rings. The monoisotopic (exact) mass is 207 g/mol. The summed E-state index contributed by atoms with van der Waals surface area (Å²) in [6.07, 6.45) is 1.59. The van der Waals surface area contributed by atoms with Gasteiger partial charge in [-0.15, -0.1) is 0 Å². The van der Waals surface area contributed by atoms with Crippen LogP contribution in [0, 0.1) is 0 Å². The van der Waals surface area contributed by atoms with Crippen molar-refractivity contribution >= 4 is 23.2 Å². The van der Waals surface area contributed by atoms with Crippen molar-refractivity contribution in [2.45, 2.75) is 0 Å². The van der Waals surface area contributed by atoms with Gasteiger partial charge in [-0.2, -0.15) is 4.98 Å². The zero-order valence-electron chi connectivity index (χ0n) is 8.04. The number of oxazole rings is 1. The highest BCUT2D eigenvalue weighted by atomic mass is 16.4. The number of carboxylic acid groups (broad SMARTS) is 1. The summed E-state index contributed by atoms with van der Waals surface area (Å²) < 4.78 is 5.27. The number of pyridine rings is 1. The predicted molar refractivity (Wildman–Crippen MR) is 52.7 cm³/mol. The van der Waals surface area contributed by atoms with Crippen molar-refractivity contribution in [3.8, 4) is 0 Å². The number of likely N-dealkylation sites (N-methyl/N-ethyl adjacent to an activating group) is 1. The standard InChI is InChI=1S/C9H9N3O3/c1-12(5-7(13)14)9-11-6-3-2-4-10-8(6)15-9/h2-4H,5H2,1H3,(H,13,14). The van der Waals surface area contributed by atoms with Crippen molar-refractivity contribution in [1.29, 1.82) is 0 Å². The van der Waals surface area contributed by atoms with E-state index >= 15 is 0 Å². The van der Waals surface area contributed by atoms with Crippen molar-refractivity contribution in [2.75, 3.05) is 18.5 Å². The van der Waals surface area contributed by atoms with E-state index in [9.17, 15) is 4.79 Å². The molecule has 0 atom stereocenters. The molecule has 0 aromatic carbocycles. The molecular weight excluding hydrogens is 198 g/mol. The van der Waals surface area contributed by atoms with Crippen molar-refractivity contribution < 1.29 is 14.3 Å². The van der Waals surface area contributed by atoms with Crippen LogP contribution in [0.4, 0.5) is 6.01 Å². The number of aromatic nitrogens is 2. The van der Waals surface area contributed by atoms with Gasteiger partial charge < -0.3 is 14.4 Å². The third-order valence-corrected chi connectivity index (χ3v) is 1.85. The quantitative estimate of drug-likeness (QED) is 0.799. The predicted octanol–water partition coefficient (Wildman–Crippen LogP) is 0.744. The molecule has 0 amide bonds. The number of fused-ring (bicyclic) bond motifs is 1. The third kappa shape index (κ3) is 1.88. The number of carbonyl (C=O) groups is 1. The molecule has 0 aliphatic heterocycles. The molecule has 6 nitrogen and oxygen atoms in total. The molecule has 78 valence electrons. The Kier molecular flexibility index (Phi) is 2.24. The highest BCUT2D eigenvalue weighted by molar-refractivity contribution is 5.74. The lowest BCUT2D eigenvalue weighted by atomic mass is 10.4. The molecule has 2 heterocycles. The second-order valence-corrected chi connectivity index (χ2v) is 3.07. The van der Waals surface area contributed by atoms with Crippen molar-refractivity contribution in [2.24, 2.45) is 0 Å². The van der Waals surface area contributed by atoms with Crippen LogP contribution < -0.4 is 4.90 Å². The fourth-order valence-corrected chi connectivity index (χ4v) is 1.19. The molecule has 2 rings (SSSR count). The lowest BCUT2D eigenvalue weighted by Gasteiger charge is -2.09. The van der Waals surface area contributed by atoms with Crippen LogP contribution in [0.1, 0.15) is 0 Å². The maximum absolute atomic E-state index is 10.5. The minimum Gasteiger partial charge on any atom is -0.480 e. The van der Waals surface area contributed by atoms with Crippen LogP contribution in [0.2, 0.25) is 0 Å². The third-order valence-electron chi connectivity index (χ3n) is 1.85. The fraction of sp³-hybridized carbons (Fsp3) is 0.222. The largest absolute Gasteiger partial charge is 0.480 e. The SMILES string of the molecule is CN(CC(=O)O)c1nc2cccnc2o1. The van der Waals surface area contributed by atoms with E-state index in [0.717, 1.165) is 0 Å². The summed E-state index contributed by atoms with van der Waals surface area (Å²) in [7, 11) is 1.60. The summed E-state index contributed by atoms with van der Waals surface area (Å²) in [5.41, 5.74) is 1.02. The van der Waals surface area contributed by atoms with Crippen molar-refractivity contribution in [3.63, 3.8) is 0 Å². The Bertz CT molecular complexity index is 461. The first-order valence-electron chi connectivity index (χ1n) is 4.31. The first-order chi connectivity index (χ1) is 7.16. The molecule has 0 spiro atoms. The Morgan fingerprint density at radius 3 is 3.13 bits per heavy atom. The van der Waals surface area contributed by atoms with Gasteiger partial charge in [0.1, 0.15) is 12.1 Å². The maximum atomic E-state index is 10.5. The minimum absolute atomic E-state index is 0.160. The molecular formula is C9H9N3O3. The lowest BCUT2D eigenvalue weighted by molar-refractivity contribution is -0.135. The summed E-state index contributed by atoms with van der Waals surface area (Å²) in [6.45, 7) is -0.160. The number of anilines is 1. The van der Waals surface area contributed by atoms with Gasteiger partial charge >= 0.3 is 5.97 Å². The average molecular weight is 207 g/mol. The smallest absolute Gasteiger partial charge is 0.323 e. The van der Waals surface area contributed by atoms with Crippen LogP contribution in [-0.2, 0) is 4.79 Å². The highest BCUT2D eigenvalue weighted by Gasteiger charge is 2.12. The summed E-state index contributed by atoms with van der Waals surface area (Å²) in [6, 6.07) is 3.75. The molecule has 0 fully saturated rings. The van der Waals surface area contributed by atoms with E-state index in [-0.39, 0.29) is 12.6 Å². The molecule has 1 N–H and O–H groups in total. The zero-order valence-corrected chi connectivity index (χ0v) is 8.04. The van der Waals surface area contributed by atoms with Crippen LogP contribution >= 0.6 is 0 Å². The first kappa shape index (κ1) is 9.45. The molecule has 0 bridgehead atoms. The highest BCUT2D eigenvalue weighted by Crippen LogP contribution is 2.18. The molecule has 0 radical (unpaired) electrons. The molecule has 0 aliphatic carbocycles.